The first-order valence-electron chi connectivity index (χ1n) is 23.1. The number of likely N-dealkylation sites (N-methyl/N-ethyl adjacent to an activating group) is 1. The molecule has 16 heteroatoms. The molecule has 0 spiro atoms. The fraction of sp³-hybridized carbons (Fsp3) is 0.500. The van der Waals surface area contributed by atoms with E-state index in [1.165, 1.54) is 18.9 Å². The highest BCUT2D eigenvalue weighted by molar-refractivity contribution is 6.13. The monoisotopic (exact) mass is 939 g/mol. The molecule has 0 bridgehead atoms. The number of rotatable bonds is 15. The number of methoxy groups -OCH3 is 1. The van der Waals surface area contributed by atoms with E-state index in [0.717, 1.165) is 28.2 Å². The molecule has 2 aromatic carbocycles. The second-order valence-corrected chi connectivity index (χ2v) is 19.8. The molecule has 68 heavy (non-hydrogen) atoms. The van der Waals surface area contributed by atoms with Crippen molar-refractivity contribution in [1.82, 2.24) is 10.2 Å². The lowest BCUT2D eigenvalue weighted by Crippen LogP contribution is -2.70. The number of alkyl halides is 2. The van der Waals surface area contributed by atoms with Crippen LogP contribution in [-0.4, -0.2) is 113 Å². The van der Waals surface area contributed by atoms with Gasteiger partial charge in [-0.25, -0.2) is 8.78 Å². The van der Waals surface area contributed by atoms with E-state index in [2.05, 4.69) is 11.9 Å². The maximum Gasteiger partial charge on any atom is 0.253 e. The van der Waals surface area contributed by atoms with Gasteiger partial charge in [0.25, 0.3) is 11.8 Å². The van der Waals surface area contributed by atoms with E-state index in [-0.39, 0.29) is 50.0 Å². The third-order valence-electron chi connectivity index (χ3n) is 15.8. The number of hydrogen-bond acceptors (Lipinski definition) is 11. The lowest BCUT2D eigenvalue weighted by Gasteiger charge is -2.63. The molecule has 0 aromatic heterocycles. The number of halogens is 2. The van der Waals surface area contributed by atoms with Crippen molar-refractivity contribution >= 4 is 40.9 Å². The summed E-state index contributed by atoms with van der Waals surface area (Å²) in [6, 6.07) is 11.8. The summed E-state index contributed by atoms with van der Waals surface area (Å²) < 4.78 is 52.8. The van der Waals surface area contributed by atoms with E-state index >= 15 is 8.78 Å². The molecule has 14 nitrogen and oxygen atoms in total. The number of nitrogens with zero attached hydrogens (tertiary/aromatic N) is 2. The molecule has 362 valence electrons. The molecular weight excluding hydrogens is 881 g/mol. The Morgan fingerprint density at radius 2 is 1.69 bits per heavy atom. The van der Waals surface area contributed by atoms with Gasteiger partial charge in [-0.05, 0) is 79.9 Å². The van der Waals surface area contributed by atoms with Gasteiger partial charge >= 0.3 is 0 Å². The Balaban J connectivity index is 0.905. The Morgan fingerprint density at radius 1 is 1.01 bits per heavy atom. The van der Waals surface area contributed by atoms with Crippen molar-refractivity contribution in [1.29, 1.82) is 0 Å². The third kappa shape index (κ3) is 7.77. The van der Waals surface area contributed by atoms with Gasteiger partial charge in [0.05, 0.1) is 25.0 Å². The molecule has 2 aromatic rings. The van der Waals surface area contributed by atoms with Crippen LogP contribution < -0.4 is 15.0 Å². The summed E-state index contributed by atoms with van der Waals surface area (Å²) in [5, 5.41) is 24.9. The highest BCUT2D eigenvalue weighted by atomic mass is 19.1. The van der Waals surface area contributed by atoms with Crippen LogP contribution in [0.5, 0.6) is 5.75 Å². The minimum atomic E-state index is -2.25. The average molecular weight is 940 g/mol. The number of Topliss-reactive ketones (excluding diaryl/α,β-unsaturated/α-hetero) is 2. The number of aliphatic hydroxyl groups is 2. The number of fused-ring (bicyclic) bond motifs is 7. The molecule has 6 aliphatic rings. The van der Waals surface area contributed by atoms with Gasteiger partial charge in [0, 0.05) is 66.8 Å². The smallest absolute Gasteiger partial charge is 0.253 e. The predicted molar refractivity (Wildman–Crippen MR) is 244 cm³/mol. The van der Waals surface area contributed by atoms with E-state index in [0.29, 0.717) is 29.0 Å². The Morgan fingerprint density at radius 3 is 2.35 bits per heavy atom. The lowest BCUT2D eigenvalue weighted by atomic mass is 9.44. The molecular formula is C52H59F2N3O11. The van der Waals surface area contributed by atoms with Crippen molar-refractivity contribution in [3.05, 3.63) is 107 Å². The van der Waals surface area contributed by atoms with Crippen molar-refractivity contribution in [3.63, 3.8) is 0 Å². The fourth-order valence-electron chi connectivity index (χ4n) is 12.2. The fourth-order valence-corrected chi connectivity index (χ4v) is 12.2. The molecule has 4 amide bonds. The largest absolute Gasteiger partial charge is 0.495 e. The van der Waals surface area contributed by atoms with Gasteiger partial charge in [-0.1, -0.05) is 69.0 Å². The van der Waals surface area contributed by atoms with Crippen LogP contribution >= 0.6 is 0 Å². The molecule has 2 heterocycles. The molecule has 3 saturated carbocycles. The molecule has 8 rings (SSSR count). The number of allylic oxidation sites excluding steroid dienone is 5. The van der Waals surface area contributed by atoms with Crippen LogP contribution in [0, 0.1) is 28.6 Å². The van der Waals surface area contributed by atoms with E-state index < -0.39 is 107 Å². The number of anilines is 1. The first-order chi connectivity index (χ1) is 32.1. The quantitative estimate of drug-likeness (QED) is 0.197. The molecule has 3 N–H and O–H groups in total. The van der Waals surface area contributed by atoms with E-state index in [1.807, 2.05) is 30.3 Å². The first-order valence-corrected chi connectivity index (χ1v) is 23.1. The number of amides is 4. The standard InChI is InChI=1S/C52H59F2N3O11/c1-28-16-18-49(4)37(20-28)38(53)24-36-35-25-43-52(42(61)27-58,50(35,5)26-41(60)51(36,49)54)68-48(67-43)33-11-8-31(9-12-33)22-32-10-13-39(40(23-32)66-7)56(6)47(65)30(3)55-46(64)29(2)21-34(59)17-19-57-44(62)14-15-45(57)63/h8-16,18,20,23,29-30,35-36,38,41,43,48,58,60H,1,17,19,21-22,24-27H2,2-7H3,(H,55,64)/t29-,30+,35+,36+,38+,41+,43?,48-,49+,50+,51+,52-/m1/s1. The van der Waals surface area contributed by atoms with Gasteiger partial charge in [0.2, 0.25) is 11.8 Å². The Labute approximate surface area is 394 Å². The highest BCUT2D eigenvalue weighted by Crippen LogP contribution is 2.72. The normalized spacial score (nSPS) is 33.2. The number of imide groups is 1. The Kier molecular flexibility index (Phi) is 12.9. The van der Waals surface area contributed by atoms with Crippen LogP contribution in [0.4, 0.5) is 14.5 Å². The number of carbonyl (C=O) groups is 6. The molecule has 4 fully saturated rings. The van der Waals surface area contributed by atoms with Crippen LogP contribution in [0.25, 0.3) is 0 Å². The summed E-state index contributed by atoms with van der Waals surface area (Å²) in [6.45, 7) is 9.46. The van der Waals surface area contributed by atoms with E-state index in [1.54, 1.807) is 58.2 Å². The summed E-state index contributed by atoms with van der Waals surface area (Å²) in [7, 11) is 3.04. The Bertz CT molecular complexity index is 2520. The molecule has 1 unspecified atom stereocenters. The van der Waals surface area contributed by atoms with Gasteiger partial charge in [0.15, 0.2) is 23.3 Å². The number of aliphatic hydroxyl groups excluding tert-OH is 2. The lowest BCUT2D eigenvalue weighted by molar-refractivity contribution is -0.235. The number of nitrogens with one attached hydrogen (secondary N) is 1. The van der Waals surface area contributed by atoms with Gasteiger partial charge < -0.3 is 34.6 Å². The van der Waals surface area contributed by atoms with Crippen LogP contribution in [0.1, 0.15) is 82.8 Å². The van der Waals surface area contributed by atoms with Gasteiger partial charge in [-0.3, -0.25) is 33.7 Å². The zero-order valence-electron chi connectivity index (χ0n) is 39.1. The predicted octanol–water partition coefficient (Wildman–Crippen LogP) is 5.29. The SMILES string of the molecule is C=C1C=C[C@@]2(C)C(=C1)[C@@H](F)C[C@H]1[C@@H]3CC4O[C@@H](c5ccc(Cc6ccc(N(C)C(=O)[C@H](C)NC(=O)[C@H](C)CC(=O)CCN7C(=O)C=CC7=O)c(OC)c6)cc5)O[C@@]4(C(=O)CO)[C@@]3(C)C[C@H](O)[C@@]12F. The van der Waals surface area contributed by atoms with E-state index in [4.69, 9.17) is 14.2 Å². The molecule has 4 aliphatic carbocycles. The maximum absolute atomic E-state index is 17.9. The second-order valence-electron chi connectivity index (χ2n) is 19.8. The second kappa shape index (κ2) is 18.0. The number of carbonyl (C=O) groups excluding carboxylic acids is 6. The van der Waals surface area contributed by atoms with Crippen molar-refractivity contribution in [2.75, 3.05) is 32.2 Å². The first kappa shape index (κ1) is 48.8. The topological polar surface area (TPSA) is 189 Å². The minimum absolute atomic E-state index is 0.0752. The summed E-state index contributed by atoms with van der Waals surface area (Å²) in [5.74, 6) is -4.80. The van der Waals surface area contributed by atoms with Gasteiger partial charge in [-0.2, -0.15) is 0 Å². The number of ether oxygens (including phenoxy) is 3. The number of hydrogen-bond donors (Lipinski definition) is 3. The summed E-state index contributed by atoms with van der Waals surface area (Å²) >= 11 is 0. The van der Waals surface area contributed by atoms with E-state index in [9.17, 15) is 39.0 Å². The summed E-state index contributed by atoms with van der Waals surface area (Å²) in [4.78, 5) is 78.9. The van der Waals surface area contributed by atoms with Crippen LogP contribution in [0.3, 0.4) is 0 Å². The van der Waals surface area contributed by atoms with Gasteiger partial charge in [0.1, 0.15) is 30.4 Å². The van der Waals surface area contributed by atoms with Crippen molar-refractivity contribution in [2.45, 2.75) is 108 Å². The molecule has 2 aliphatic heterocycles. The van der Waals surface area contributed by atoms with Crippen molar-refractivity contribution in [2.24, 2.45) is 28.6 Å². The summed E-state index contributed by atoms with van der Waals surface area (Å²) in [6.07, 6.45) is 2.15. The third-order valence-corrected chi connectivity index (χ3v) is 15.8. The van der Waals surface area contributed by atoms with Crippen molar-refractivity contribution < 1.29 is 62.0 Å². The highest BCUT2D eigenvalue weighted by Gasteiger charge is 2.80. The minimum Gasteiger partial charge on any atom is -0.495 e. The van der Waals surface area contributed by atoms with Crippen LogP contribution in [-0.2, 0) is 44.7 Å². The maximum atomic E-state index is 17.9. The average Bonchev–Trinajstić information content (AvgIpc) is 3.94. The molecule has 0 radical (unpaired) electrons. The molecule has 12 atom stereocenters. The Hall–Kier alpha value is -5.68. The van der Waals surface area contributed by atoms with Crippen LogP contribution in [0.2, 0.25) is 0 Å². The summed E-state index contributed by atoms with van der Waals surface area (Å²) in [5.41, 5.74) is -3.02. The zero-order valence-corrected chi connectivity index (χ0v) is 39.1. The zero-order chi connectivity index (χ0) is 49.2. The van der Waals surface area contributed by atoms with Gasteiger partial charge in [-0.15, -0.1) is 0 Å². The van der Waals surface area contributed by atoms with Crippen LogP contribution in [0.15, 0.2) is 90.6 Å². The number of ketones is 2. The van der Waals surface area contributed by atoms with Crippen molar-refractivity contribution in [3.8, 4) is 5.75 Å². The number of benzene rings is 2. The molecule has 1 saturated heterocycles.